The summed E-state index contributed by atoms with van der Waals surface area (Å²) in [6.07, 6.45) is 3.53. The number of nitrogens with zero attached hydrogens (tertiary/aromatic N) is 1. The SMILES string of the molecule is CCCCN1C(=O)NC(c2cccc(NC(=O)C3CC3)c2)C(C(=O)OCC)=C1c1ccccc1. The van der Waals surface area contributed by atoms with E-state index in [0.717, 1.165) is 31.2 Å². The Morgan fingerprint density at radius 2 is 1.85 bits per heavy atom. The number of nitrogens with one attached hydrogen (secondary N) is 2. The first-order chi connectivity index (χ1) is 16.5. The lowest BCUT2D eigenvalue weighted by molar-refractivity contribution is -0.139. The van der Waals surface area contributed by atoms with Crippen molar-refractivity contribution in [2.75, 3.05) is 18.5 Å². The average molecular weight is 462 g/mol. The molecule has 34 heavy (non-hydrogen) atoms. The number of hydrogen-bond donors (Lipinski definition) is 2. The summed E-state index contributed by atoms with van der Waals surface area (Å²) < 4.78 is 5.46. The first-order valence-electron chi connectivity index (χ1n) is 12.0. The molecule has 1 heterocycles. The van der Waals surface area contributed by atoms with E-state index in [9.17, 15) is 14.4 Å². The highest BCUT2D eigenvalue weighted by Gasteiger charge is 2.39. The molecule has 1 aliphatic carbocycles. The Balaban J connectivity index is 1.81. The first-order valence-corrected chi connectivity index (χ1v) is 12.0. The number of hydrogen-bond acceptors (Lipinski definition) is 4. The van der Waals surface area contributed by atoms with E-state index in [0.29, 0.717) is 29.1 Å². The van der Waals surface area contributed by atoms with Crippen LogP contribution in [0.2, 0.25) is 0 Å². The highest BCUT2D eigenvalue weighted by Crippen LogP contribution is 2.37. The zero-order chi connectivity index (χ0) is 24.1. The second-order valence-corrected chi connectivity index (χ2v) is 8.63. The van der Waals surface area contributed by atoms with Crippen LogP contribution in [0.5, 0.6) is 0 Å². The van der Waals surface area contributed by atoms with E-state index in [-0.39, 0.29) is 24.5 Å². The first kappa shape index (κ1) is 23.5. The number of anilines is 1. The summed E-state index contributed by atoms with van der Waals surface area (Å²) in [5, 5.41) is 5.96. The van der Waals surface area contributed by atoms with Crippen LogP contribution < -0.4 is 10.6 Å². The Bertz CT molecular complexity index is 1090. The predicted molar refractivity (Wildman–Crippen MR) is 131 cm³/mol. The van der Waals surface area contributed by atoms with E-state index in [4.69, 9.17) is 4.74 Å². The van der Waals surface area contributed by atoms with Crippen molar-refractivity contribution in [1.29, 1.82) is 0 Å². The van der Waals surface area contributed by atoms with Gasteiger partial charge in [0.2, 0.25) is 5.91 Å². The van der Waals surface area contributed by atoms with Crippen molar-refractivity contribution in [1.82, 2.24) is 10.2 Å². The Hall–Kier alpha value is -3.61. The molecular weight excluding hydrogens is 430 g/mol. The number of esters is 1. The summed E-state index contributed by atoms with van der Waals surface area (Å²) in [4.78, 5) is 40.6. The van der Waals surface area contributed by atoms with Crippen LogP contribution in [0, 0.1) is 5.92 Å². The molecule has 0 aromatic heterocycles. The standard InChI is InChI=1S/C27H31N3O4/c1-3-5-16-30-24(18-10-7-6-8-11-18)22(26(32)34-4-2)23(29-27(30)33)20-12-9-13-21(17-20)28-25(31)19-14-15-19/h6-13,17,19,23H,3-5,14-16H2,1-2H3,(H,28,31)(H,29,33). The van der Waals surface area contributed by atoms with E-state index in [2.05, 4.69) is 17.6 Å². The Morgan fingerprint density at radius 3 is 2.53 bits per heavy atom. The van der Waals surface area contributed by atoms with Crippen molar-refractivity contribution >= 4 is 29.3 Å². The largest absolute Gasteiger partial charge is 0.463 e. The second-order valence-electron chi connectivity index (χ2n) is 8.63. The Labute approximate surface area is 200 Å². The molecule has 2 aromatic rings. The fourth-order valence-electron chi connectivity index (χ4n) is 4.15. The minimum atomic E-state index is -0.711. The number of rotatable bonds is 9. The van der Waals surface area contributed by atoms with Crippen LogP contribution in [-0.4, -0.2) is 36.0 Å². The molecule has 1 atom stereocenters. The van der Waals surface area contributed by atoms with Crippen LogP contribution in [0.25, 0.3) is 5.70 Å². The number of carbonyl (C=O) groups excluding carboxylic acids is 3. The maximum atomic E-state index is 13.3. The minimum absolute atomic E-state index is 0.00158. The molecule has 178 valence electrons. The molecule has 4 rings (SSSR count). The fourth-order valence-corrected chi connectivity index (χ4v) is 4.15. The number of carbonyl (C=O) groups is 3. The quantitative estimate of drug-likeness (QED) is 0.521. The molecule has 7 nitrogen and oxygen atoms in total. The lowest BCUT2D eigenvalue weighted by Crippen LogP contribution is -2.48. The molecule has 2 aliphatic rings. The molecule has 1 fully saturated rings. The van der Waals surface area contributed by atoms with Gasteiger partial charge in [0.15, 0.2) is 0 Å². The molecule has 0 spiro atoms. The van der Waals surface area contributed by atoms with Gasteiger partial charge in [-0.2, -0.15) is 0 Å². The molecule has 0 radical (unpaired) electrons. The van der Waals surface area contributed by atoms with Gasteiger partial charge in [-0.15, -0.1) is 0 Å². The van der Waals surface area contributed by atoms with Crippen molar-refractivity contribution in [3.63, 3.8) is 0 Å². The molecule has 0 bridgehead atoms. The Kier molecular flexibility index (Phi) is 7.30. The van der Waals surface area contributed by atoms with Crippen molar-refractivity contribution in [2.45, 2.75) is 45.6 Å². The summed E-state index contributed by atoms with van der Waals surface area (Å²) in [6.45, 7) is 4.53. The van der Waals surface area contributed by atoms with Crippen LogP contribution >= 0.6 is 0 Å². The molecule has 1 saturated carbocycles. The summed E-state index contributed by atoms with van der Waals surface area (Å²) in [5.41, 5.74) is 3.07. The predicted octanol–water partition coefficient (Wildman–Crippen LogP) is 4.88. The van der Waals surface area contributed by atoms with Crippen LogP contribution in [0.1, 0.15) is 56.7 Å². The molecule has 1 unspecified atom stereocenters. The van der Waals surface area contributed by atoms with Crippen molar-refractivity contribution in [3.05, 3.63) is 71.3 Å². The lowest BCUT2D eigenvalue weighted by atomic mass is 9.91. The number of ether oxygens (including phenoxy) is 1. The van der Waals surface area contributed by atoms with Crippen LogP contribution in [0.3, 0.4) is 0 Å². The maximum absolute atomic E-state index is 13.3. The maximum Gasteiger partial charge on any atom is 0.338 e. The minimum Gasteiger partial charge on any atom is -0.463 e. The van der Waals surface area contributed by atoms with Crippen molar-refractivity contribution in [2.24, 2.45) is 5.92 Å². The third-order valence-corrected chi connectivity index (χ3v) is 6.04. The van der Waals surface area contributed by atoms with Gasteiger partial charge in [-0.1, -0.05) is 55.8 Å². The molecule has 7 heteroatoms. The molecule has 2 aromatic carbocycles. The van der Waals surface area contributed by atoms with Gasteiger partial charge in [0.1, 0.15) is 0 Å². The summed E-state index contributed by atoms with van der Waals surface area (Å²) in [7, 11) is 0. The van der Waals surface area contributed by atoms with E-state index in [1.807, 2.05) is 54.6 Å². The van der Waals surface area contributed by atoms with Gasteiger partial charge >= 0.3 is 12.0 Å². The summed E-state index contributed by atoms with van der Waals surface area (Å²) >= 11 is 0. The zero-order valence-corrected chi connectivity index (χ0v) is 19.7. The van der Waals surface area contributed by atoms with Crippen molar-refractivity contribution < 1.29 is 19.1 Å². The topological polar surface area (TPSA) is 87.7 Å². The third-order valence-electron chi connectivity index (χ3n) is 6.04. The lowest BCUT2D eigenvalue weighted by Gasteiger charge is -2.37. The van der Waals surface area contributed by atoms with E-state index >= 15 is 0 Å². The van der Waals surface area contributed by atoms with E-state index < -0.39 is 12.0 Å². The van der Waals surface area contributed by atoms with Crippen molar-refractivity contribution in [3.8, 4) is 0 Å². The van der Waals surface area contributed by atoms with Gasteiger partial charge in [0.05, 0.1) is 23.9 Å². The summed E-state index contributed by atoms with van der Waals surface area (Å²) in [6, 6.07) is 15.8. The number of urea groups is 1. The van der Waals surface area contributed by atoms with Gasteiger partial charge in [-0.05, 0) is 49.4 Å². The monoisotopic (exact) mass is 461 g/mol. The highest BCUT2D eigenvalue weighted by atomic mass is 16.5. The van der Waals surface area contributed by atoms with Crippen LogP contribution in [0.15, 0.2) is 60.2 Å². The van der Waals surface area contributed by atoms with Crippen LogP contribution in [0.4, 0.5) is 10.5 Å². The third kappa shape index (κ3) is 5.14. The average Bonchev–Trinajstić information content (AvgIpc) is 3.69. The van der Waals surface area contributed by atoms with Gasteiger partial charge in [-0.25, -0.2) is 9.59 Å². The van der Waals surface area contributed by atoms with Gasteiger partial charge in [-0.3, -0.25) is 9.69 Å². The van der Waals surface area contributed by atoms with Crippen LogP contribution in [-0.2, 0) is 14.3 Å². The molecule has 2 N–H and O–H groups in total. The molecular formula is C27H31N3O4. The number of unbranched alkanes of at least 4 members (excludes halogenated alkanes) is 1. The fraction of sp³-hybridized carbons (Fsp3) is 0.370. The van der Waals surface area contributed by atoms with Gasteiger partial charge < -0.3 is 15.4 Å². The van der Waals surface area contributed by atoms with Gasteiger partial charge in [0.25, 0.3) is 0 Å². The number of amides is 3. The molecule has 0 saturated heterocycles. The Morgan fingerprint density at radius 1 is 1.09 bits per heavy atom. The molecule has 1 aliphatic heterocycles. The van der Waals surface area contributed by atoms with E-state index in [1.165, 1.54) is 0 Å². The number of benzene rings is 2. The smallest absolute Gasteiger partial charge is 0.338 e. The normalized spacial score (nSPS) is 17.9. The highest BCUT2D eigenvalue weighted by molar-refractivity contribution is 6.04. The molecule has 3 amide bonds. The van der Waals surface area contributed by atoms with Gasteiger partial charge in [0, 0.05) is 18.2 Å². The zero-order valence-electron chi connectivity index (χ0n) is 19.7. The second kappa shape index (κ2) is 10.5. The van der Waals surface area contributed by atoms with E-state index in [1.54, 1.807) is 11.8 Å². The summed E-state index contributed by atoms with van der Waals surface area (Å²) in [5.74, 6) is -0.396.